The van der Waals surface area contributed by atoms with Crippen LogP contribution >= 0.6 is 34.8 Å². The molecule has 21 heavy (non-hydrogen) atoms. The minimum Gasteiger partial charge on any atom is -0.292 e. The number of carbonyl (C=O) groups is 1. The van der Waals surface area contributed by atoms with Crippen molar-refractivity contribution in [3.05, 3.63) is 68.4 Å². The van der Waals surface area contributed by atoms with E-state index in [1.165, 1.54) is 30.3 Å². The quantitative estimate of drug-likeness (QED) is 0.712. The van der Waals surface area contributed by atoms with Gasteiger partial charge in [-0.05, 0) is 35.9 Å². The van der Waals surface area contributed by atoms with E-state index in [-0.39, 0.29) is 15.6 Å². The molecule has 0 heterocycles. The first-order chi connectivity index (χ1) is 9.93. The Morgan fingerprint density at radius 2 is 1.71 bits per heavy atom. The molecule has 6 heteroatoms. The van der Waals surface area contributed by atoms with Gasteiger partial charge < -0.3 is 0 Å². The van der Waals surface area contributed by atoms with E-state index in [4.69, 9.17) is 34.8 Å². The largest absolute Gasteiger partial charge is 0.292 e. The molecule has 0 saturated carbocycles. The van der Waals surface area contributed by atoms with E-state index >= 15 is 0 Å². The second kappa shape index (κ2) is 6.44. The van der Waals surface area contributed by atoms with Crippen molar-refractivity contribution in [1.29, 1.82) is 5.26 Å². The van der Waals surface area contributed by atoms with Crippen molar-refractivity contribution in [2.45, 2.75) is 5.92 Å². The molecule has 0 radical (unpaired) electrons. The van der Waals surface area contributed by atoms with Crippen molar-refractivity contribution < 1.29 is 9.18 Å². The minimum absolute atomic E-state index is 0.0644. The number of hydrogen-bond donors (Lipinski definition) is 0. The van der Waals surface area contributed by atoms with Gasteiger partial charge in [0.1, 0.15) is 11.7 Å². The van der Waals surface area contributed by atoms with Gasteiger partial charge in [-0.3, -0.25) is 4.79 Å². The van der Waals surface area contributed by atoms with E-state index in [1.54, 1.807) is 0 Å². The first-order valence-electron chi connectivity index (χ1n) is 5.78. The Balaban J connectivity index is 2.41. The zero-order valence-corrected chi connectivity index (χ0v) is 12.7. The molecular weight excluding hydrogens is 336 g/mol. The Morgan fingerprint density at radius 1 is 1.05 bits per heavy atom. The molecule has 0 amide bonds. The first kappa shape index (κ1) is 15.8. The van der Waals surface area contributed by atoms with E-state index < -0.39 is 17.5 Å². The van der Waals surface area contributed by atoms with Crippen LogP contribution in [0.25, 0.3) is 0 Å². The van der Waals surface area contributed by atoms with Crippen molar-refractivity contribution in [1.82, 2.24) is 0 Å². The maximum absolute atomic E-state index is 13.4. The van der Waals surface area contributed by atoms with Gasteiger partial charge in [0.2, 0.25) is 0 Å². The molecular formula is C15H7Cl3FNO. The van der Waals surface area contributed by atoms with Crippen LogP contribution < -0.4 is 0 Å². The number of carbonyl (C=O) groups excluding carboxylic acids is 1. The fourth-order valence-corrected chi connectivity index (χ4v) is 2.22. The van der Waals surface area contributed by atoms with Crippen LogP contribution in [0.5, 0.6) is 0 Å². The van der Waals surface area contributed by atoms with Gasteiger partial charge in [-0.25, -0.2) is 4.39 Å². The predicted octanol–water partition coefficient (Wildman–Crippen LogP) is 5.28. The summed E-state index contributed by atoms with van der Waals surface area (Å²) in [6.07, 6.45) is 0. The molecule has 1 unspecified atom stereocenters. The van der Waals surface area contributed by atoms with Gasteiger partial charge in [-0.1, -0.05) is 40.9 Å². The highest BCUT2D eigenvalue weighted by Gasteiger charge is 2.23. The molecule has 2 aromatic carbocycles. The van der Waals surface area contributed by atoms with Crippen LogP contribution in [0.2, 0.25) is 15.1 Å². The van der Waals surface area contributed by atoms with Crippen LogP contribution in [0.1, 0.15) is 21.8 Å². The summed E-state index contributed by atoms with van der Waals surface area (Å²) in [5.41, 5.74) is 0.460. The Kier molecular flexibility index (Phi) is 4.84. The number of hydrogen-bond acceptors (Lipinski definition) is 2. The summed E-state index contributed by atoms with van der Waals surface area (Å²) in [5, 5.41) is 9.70. The van der Waals surface area contributed by atoms with Gasteiger partial charge in [0.05, 0.1) is 21.1 Å². The highest BCUT2D eigenvalue weighted by Crippen LogP contribution is 2.28. The Labute approximate surface area is 135 Å². The highest BCUT2D eigenvalue weighted by atomic mass is 35.5. The molecule has 0 fully saturated rings. The van der Waals surface area contributed by atoms with Crippen molar-refractivity contribution in [3.63, 3.8) is 0 Å². The second-order valence-corrected chi connectivity index (χ2v) is 5.45. The first-order valence-corrected chi connectivity index (χ1v) is 6.91. The lowest BCUT2D eigenvalue weighted by Crippen LogP contribution is -2.11. The van der Waals surface area contributed by atoms with Crippen LogP contribution in [0.4, 0.5) is 4.39 Å². The van der Waals surface area contributed by atoms with Crippen molar-refractivity contribution in [3.8, 4) is 6.07 Å². The third kappa shape index (κ3) is 3.36. The summed E-state index contributed by atoms with van der Waals surface area (Å²) in [6.45, 7) is 0. The summed E-state index contributed by atoms with van der Waals surface area (Å²) < 4.78 is 13.4. The van der Waals surface area contributed by atoms with Crippen LogP contribution in [0.3, 0.4) is 0 Å². The molecule has 0 saturated heterocycles. The third-order valence-electron chi connectivity index (χ3n) is 2.87. The Bertz CT molecular complexity index is 755. The predicted molar refractivity (Wildman–Crippen MR) is 80.6 cm³/mol. The summed E-state index contributed by atoms with van der Waals surface area (Å²) in [4.78, 5) is 12.3. The van der Waals surface area contributed by atoms with Gasteiger partial charge >= 0.3 is 0 Å². The molecule has 1 atom stereocenters. The maximum atomic E-state index is 13.4. The number of halogens is 4. The normalized spacial score (nSPS) is 11.8. The van der Waals surface area contributed by atoms with E-state index in [2.05, 4.69) is 0 Å². The maximum Gasteiger partial charge on any atom is 0.184 e. The molecule has 106 valence electrons. The van der Waals surface area contributed by atoms with Gasteiger partial charge in [0.25, 0.3) is 0 Å². The van der Waals surface area contributed by atoms with Crippen LogP contribution in [0.15, 0.2) is 36.4 Å². The monoisotopic (exact) mass is 341 g/mol. The molecule has 0 bridgehead atoms. The molecule has 0 aliphatic carbocycles. The summed E-state index contributed by atoms with van der Waals surface area (Å²) in [7, 11) is 0. The van der Waals surface area contributed by atoms with Crippen molar-refractivity contribution in [2.75, 3.05) is 0 Å². The van der Waals surface area contributed by atoms with E-state index in [1.807, 2.05) is 6.07 Å². The number of nitriles is 1. The molecule has 0 aliphatic rings. The molecule has 0 spiro atoms. The SMILES string of the molecule is N#CC(C(=O)c1ccc(Cl)c(F)c1)c1ccc(Cl)c(Cl)c1. The summed E-state index contributed by atoms with van der Waals surface area (Å²) in [5.74, 6) is -2.35. The number of nitrogens with zero attached hydrogens (tertiary/aromatic N) is 1. The number of Topliss-reactive ketones (excluding diaryl/α,β-unsaturated/α-hetero) is 1. The van der Waals surface area contributed by atoms with Gasteiger partial charge in [-0.2, -0.15) is 5.26 Å². The molecule has 0 aliphatic heterocycles. The number of rotatable bonds is 3. The lowest BCUT2D eigenvalue weighted by molar-refractivity contribution is 0.0978. The molecule has 2 nitrogen and oxygen atoms in total. The fourth-order valence-electron chi connectivity index (χ4n) is 1.79. The molecule has 2 rings (SSSR count). The standard InChI is InChI=1S/C15H7Cl3FNO/c16-11-3-1-8(5-13(11)18)10(7-20)15(21)9-2-4-12(17)14(19)6-9/h1-6,10H. The van der Waals surface area contributed by atoms with Crippen LogP contribution in [0, 0.1) is 17.1 Å². The fraction of sp³-hybridized carbons (Fsp3) is 0.0667. The average molecular weight is 343 g/mol. The highest BCUT2D eigenvalue weighted by molar-refractivity contribution is 6.42. The topological polar surface area (TPSA) is 40.9 Å². The minimum atomic E-state index is -1.10. The summed E-state index contributed by atoms with van der Waals surface area (Å²) in [6, 6.07) is 10.0. The number of benzene rings is 2. The van der Waals surface area contributed by atoms with E-state index in [0.29, 0.717) is 10.6 Å². The van der Waals surface area contributed by atoms with Crippen LogP contribution in [-0.4, -0.2) is 5.78 Å². The lowest BCUT2D eigenvalue weighted by atomic mass is 9.92. The smallest absolute Gasteiger partial charge is 0.184 e. The van der Waals surface area contributed by atoms with Gasteiger partial charge in [-0.15, -0.1) is 0 Å². The Morgan fingerprint density at radius 3 is 2.29 bits per heavy atom. The third-order valence-corrected chi connectivity index (χ3v) is 3.92. The van der Waals surface area contributed by atoms with E-state index in [9.17, 15) is 14.4 Å². The number of ketones is 1. The lowest BCUT2D eigenvalue weighted by Gasteiger charge is -2.10. The average Bonchev–Trinajstić information content (AvgIpc) is 2.46. The van der Waals surface area contributed by atoms with Crippen molar-refractivity contribution >= 4 is 40.6 Å². The van der Waals surface area contributed by atoms with Gasteiger partial charge in [0, 0.05) is 5.56 Å². The van der Waals surface area contributed by atoms with Crippen LogP contribution in [-0.2, 0) is 0 Å². The molecule has 0 N–H and O–H groups in total. The molecule has 0 aromatic heterocycles. The second-order valence-electron chi connectivity index (χ2n) is 4.23. The Hall–Kier alpha value is -1.60. The summed E-state index contributed by atoms with van der Waals surface area (Å²) >= 11 is 17.3. The molecule has 2 aromatic rings. The zero-order valence-electron chi connectivity index (χ0n) is 10.4. The van der Waals surface area contributed by atoms with E-state index in [0.717, 1.165) is 6.07 Å². The van der Waals surface area contributed by atoms with Gasteiger partial charge in [0.15, 0.2) is 5.78 Å². The van der Waals surface area contributed by atoms with Crippen molar-refractivity contribution in [2.24, 2.45) is 0 Å². The zero-order chi connectivity index (χ0) is 15.6.